The van der Waals surface area contributed by atoms with E-state index in [2.05, 4.69) is 5.32 Å². The molecule has 0 spiro atoms. The van der Waals surface area contributed by atoms with Crippen LogP contribution in [0.1, 0.15) is 19.8 Å². The van der Waals surface area contributed by atoms with E-state index in [1.54, 1.807) is 0 Å². The van der Waals surface area contributed by atoms with E-state index in [-0.39, 0.29) is 11.3 Å². The molecule has 5 heteroatoms. The van der Waals surface area contributed by atoms with Crippen molar-refractivity contribution in [3.05, 3.63) is 0 Å². The molecule has 0 bridgehead atoms. The average molecular weight is 244 g/mol. The minimum absolute atomic E-state index is 0.239. The second-order valence-corrected chi connectivity index (χ2v) is 6.68. The Labute approximate surface area is 99.2 Å². The summed E-state index contributed by atoms with van der Waals surface area (Å²) in [7, 11) is -0.705. The van der Waals surface area contributed by atoms with Gasteiger partial charge in [0.2, 0.25) is 5.91 Å². The molecular formula is C11H20N2O2S. The third kappa shape index (κ3) is 2.46. The van der Waals surface area contributed by atoms with E-state index < -0.39 is 10.8 Å². The Balaban J connectivity index is 1.98. The number of carbonyl (C=O) groups is 1. The smallest absolute Gasteiger partial charge is 0.229 e. The van der Waals surface area contributed by atoms with Gasteiger partial charge in [-0.2, -0.15) is 0 Å². The van der Waals surface area contributed by atoms with Gasteiger partial charge in [0.1, 0.15) is 0 Å². The predicted molar refractivity (Wildman–Crippen MR) is 64.7 cm³/mol. The van der Waals surface area contributed by atoms with Gasteiger partial charge >= 0.3 is 0 Å². The summed E-state index contributed by atoms with van der Waals surface area (Å²) in [5.74, 6) is 1.54. The fourth-order valence-corrected chi connectivity index (χ4v) is 3.51. The fourth-order valence-electron chi connectivity index (χ4n) is 2.46. The normalized spacial score (nSPS) is 32.7. The Morgan fingerprint density at radius 1 is 1.38 bits per heavy atom. The first-order valence-electron chi connectivity index (χ1n) is 5.97. The van der Waals surface area contributed by atoms with Crippen molar-refractivity contribution in [1.82, 2.24) is 10.2 Å². The van der Waals surface area contributed by atoms with Gasteiger partial charge < -0.3 is 10.2 Å². The Morgan fingerprint density at radius 3 is 2.62 bits per heavy atom. The molecule has 0 aromatic heterocycles. The van der Waals surface area contributed by atoms with Crippen LogP contribution in [0.25, 0.3) is 0 Å². The first-order chi connectivity index (χ1) is 7.62. The second-order valence-electron chi connectivity index (χ2n) is 4.98. The van der Waals surface area contributed by atoms with E-state index in [0.29, 0.717) is 24.6 Å². The average Bonchev–Trinajstić information content (AvgIpc) is 2.30. The molecule has 1 unspecified atom stereocenters. The monoisotopic (exact) mass is 244 g/mol. The highest BCUT2D eigenvalue weighted by Gasteiger charge is 2.38. The first-order valence-corrected chi connectivity index (χ1v) is 7.46. The number of nitrogens with one attached hydrogen (secondary N) is 1. The van der Waals surface area contributed by atoms with Crippen LogP contribution in [0.5, 0.6) is 0 Å². The maximum absolute atomic E-state index is 12.4. The molecule has 2 rings (SSSR count). The molecule has 2 saturated heterocycles. The van der Waals surface area contributed by atoms with E-state index in [1.165, 1.54) is 0 Å². The molecule has 2 heterocycles. The summed E-state index contributed by atoms with van der Waals surface area (Å²) >= 11 is 0. The number of amides is 1. The highest BCUT2D eigenvalue weighted by atomic mass is 32.2. The lowest BCUT2D eigenvalue weighted by Crippen LogP contribution is -2.53. The maximum Gasteiger partial charge on any atom is 0.229 e. The molecule has 0 aromatic carbocycles. The van der Waals surface area contributed by atoms with Crippen molar-refractivity contribution in [2.24, 2.45) is 5.41 Å². The van der Waals surface area contributed by atoms with Gasteiger partial charge in [-0.3, -0.25) is 9.00 Å². The van der Waals surface area contributed by atoms with Crippen molar-refractivity contribution in [2.45, 2.75) is 19.8 Å². The van der Waals surface area contributed by atoms with Gasteiger partial charge in [0, 0.05) is 41.9 Å². The predicted octanol–water partition coefficient (Wildman–Crippen LogP) is -0.0330. The lowest BCUT2D eigenvalue weighted by atomic mass is 9.81. The molecular weight excluding hydrogens is 224 g/mol. The first kappa shape index (κ1) is 12.0. The van der Waals surface area contributed by atoms with Crippen molar-refractivity contribution in [3.63, 3.8) is 0 Å². The summed E-state index contributed by atoms with van der Waals surface area (Å²) in [6, 6.07) is 0. The molecule has 1 amide bonds. The van der Waals surface area contributed by atoms with Crippen LogP contribution in [0.15, 0.2) is 0 Å². The van der Waals surface area contributed by atoms with Crippen LogP contribution in [0.4, 0.5) is 0 Å². The molecule has 1 N–H and O–H groups in total. The van der Waals surface area contributed by atoms with Crippen LogP contribution in [0.3, 0.4) is 0 Å². The molecule has 0 aliphatic carbocycles. The van der Waals surface area contributed by atoms with E-state index in [9.17, 15) is 9.00 Å². The van der Waals surface area contributed by atoms with Crippen LogP contribution in [0, 0.1) is 5.41 Å². The molecule has 0 aromatic rings. The zero-order chi connectivity index (χ0) is 11.6. The topological polar surface area (TPSA) is 49.4 Å². The van der Waals surface area contributed by atoms with E-state index in [1.807, 2.05) is 11.8 Å². The van der Waals surface area contributed by atoms with Gasteiger partial charge in [-0.15, -0.1) is 0 Å². The Hall–Kier alpha value is -0.420. The molecule has 2 aliphatic rings. The van der Waals surface area contributed by atoms with Crippen molar-refractivity contribution >= 4 is 16.7 Å². The molecule has 1 atom stereocenters. The fraction of sp³-hybridized carbons (Fsp3) is 0.909. The minimum atomic E-state index is -0.705. The summed E-state index contributed by atoms with van der Waals surface area (Å²) in [6.45, 7) is 5.19. The highest BCUT2D eigenvalue weighted by Crippen LogP contribution is 2.28. The molecule has 2 fully saturated rings. The summed E-state index contributed by atoms with van der Waals surface area (Å²) in [4.78, 5) is 14.3. The quantitative estimate of drug-likeness (QED) is 0.704. The maximum atomic E-state index is 12.4. The summed E-state index contributed by atoms with van der Waals surface area (Å²) in [6.07, 6.45) is 2.04. The van der Waals surface area contributed by atoms with Crippen molar-refractivity contribution in [2.75, 3.05) is 37.7 Å². The summed E-state index contributed by atoms with van der Waals surface area (Å²) in [5.41, 5.74) is -0.239. The number of carbonyl (C=O) groups excluding carboxylic acids is 1. The zero-order valence-corrected chi connectivity index (χ0v) is 10.6. The van der Waals surface area contributed by atoms with Gasteiger partial charge in [0.15, 0.2) is 0 Å². The lowest BCUT2D eigenvalue weighted by molar-refractivity contribution is -0.141. The molecule has 0 radical (unpaired) electrons. The van der Waals surface area contributed by atoms with Crippen LogP contribution in [0.2, 0.25) is 0 Å². The highest BCUT2D eigenvalue weighted by molar-refractivity contribution is 7.85. The number of nitrogens with zero attached hydrogens (tertiary/aromatic N) is 1. The SMILES string of the molecule is CC1(C(=O)N2CCS(=O)CC2)CCCNC1. The van der Waals surface area contributed by atoms with Gasteiger partial charge in [-0.05, 0) is 26.3 Å². The van der Waals surface area contributed by atoms with Gasteiger partial charge in [-0.25, -0.2) is 0 Å². The Kier molecular flexibility index (Phi) is 3.64. The van der Waals surface area contributed by atoms with Crippen molar-refractivity contribution < 1.29 is 9.00 Å². The number of hydrogen-bond donors (Lipinski definition) is 1. The third-order valence-corrected chi connectivity index (χ3v) is 4.85. The largest absolute Gasteiger partial charge is 0.340 e. The van der Waals surface area contributed by atoms with Gasteiger partial charge in [-0.1, -0.05) is 0 Å². The zero-order valence-electron chi connectivity index (χ0n) is 9.83. The Morgan fingerprint density at radius 2 is 2.06 bits per heavy atom. The third-order valence-electron chi connectivity index (χ3n) is 3.58. The molecule has 0 saturated carbocycles. The van der Waals surface area contributed by atoms with Gasteiger partial charge in [0.05, 0.1) is 5.41 Å². The summed E-state index contributed by atoms with van der Waals surface area (Å²) < 4.78 is 11.2. The van der Waals surface area contributed by atoms with E-state index >= 15 is 0 Å². The van der Waals surface area contributed by atoms with E-state index in [4.69, 9.17) is 0 Å². The second kappa shape index (κ2) is 4.84. The standard InChI is InChI=1S/C11H20N2O2S/c1-11(3-2-4-12-9-11)10(14)13-5-7-16(15)8-6-13/h12H,2-9H2,1H3. The van der Waals surface area contributed by atoms with E-state index in [0.717, 1.165) is 25.9 Å². The van der Waals surface area contributed by atoms with Crippen LogP contribution in [-0.2, 0) is 15.6 Å². The molecule has 16 heavy (non-hydrogen) atoms. The molecule has 92 valence electrons. The number of hydrogen-bond acceptors (Lipinski definition) is 3. The molecule has 2 aliphatic heterocycles. The minimum Gasteiger partial charge on any atom is -0.340 e. The number of piperidine rings is 1. The van der Waals surface area contributed by atoms with Gasteiger partial charge in [0.25, 0.3) is 0 Å². The number of rotatable bonds is 1. The Bertz CT molecular complexity index is 290. The van der Waals surface area contributed by atoms with Crippen molar-refractivity contribution in [1.29, 1.82) is 0 Å². The summed E-state index contributed by atoms with van der Waals surface area (Å²) in [5, 5.41) is 3.30. The van der Waals surface area contributed by atoms with Crippen LogP contribution >= 0.6 is 0 Å². The van der Waals surface area contributed by atoms with Crippen LogP contribution < -0.4 is 5.32 Å². The molecule has 4 nitrogen and oxygen atoms in total. The lowest BCUT2D eigenvalue weighted by Gasteiger charge is -2.38. The van der Waals surface area contributed by atoms with Crippen molar-refractivity contribution in [3.8, 4) is 0 Å². The van der Waals surface area contributed by atoms with Crippen LogP contribution in [-0.4, -0.2) is 52.7 Å².